The van der Waals surface area contributed by atoms with Gasteiger partial charge in [-0.05, 0) is 38.5 Å². The number of amides is 1. The molecule has 0 atom stereocenters. The molecule has 0 aromatic heterocycles. The van der Waals surface area contributed by atoms with Crippen molar-refractivity contribution in [3.63, 3.8) is 0 Å². The van der Waals surface area contributed by atoms with Crippen LogP contribution in [0.1, 0.15) is 26.3 Å². The summed E-state index contributed by atoms with van der Waals surface area (Å²) in [5.74, 6) is 0.176. The average molecular weight is 399 g/mol. The Hall–Kier alpha value is -3.48. The van der Waals surface area contributed by atoms with Crippen molar-refractivity contribution in [2.75, 3.05) is 7.11 Å². The van der Waals surface area contributed by atoms with Gasteiger partial charge in [0.15, 0.2) is 11.5 Å². The van der Waals surface area contributed by atoms with E-state index in [1.807, 2.05) is 30.3 Å². The molecule has 0 aliphatic rings. The molecule has 29 heavy (non-hydrogen) atoms. The molecule has 0 radical (unpaired) electrons. The van der Waals surface area contributed by atoms with E-state index in [4.69, 9.17) is 18.9 Å². The average Bonchev–Trinajstić information content (AvgIpc) is 2.66. The van der Waals surface area contributed by atoms with E-state index in [-0.39, 0.29) is 18.1 Å². The number of ether oxygens (including phenoxy) is 4. The Bertz CT molecular complexity index is 871. The molecule has 0 unspecified atom stereocenters. The summed E-state index contributed by atoms with van der Waals surface area (Å²) in [7, 11) is 1.52. The van der Waals surface area contributed by atoms with Crippen LogP contribution in [-0.4, -0.2) is 24.8 Å². The number of alkyl carbamates (subject to hydrolysis) is 1. The van der Waals surface area contributed by atoms with Gasteiger partial charge in [-0.2, -0.15) is 0 Å². The van der Waals surface area contributed by atoms with E-state index in [9.17, 15) is 9.59 Å². The molecule has 2 rings (SSSR count). The minimum atomic E-state index is -0.842. The lowest BCUT2D eigenvalue weighted by atomic mass is 10.2. The Balaban J connectivity index is 2.07. The SMILES string of the molecule is C=C(NC(=O)OC(C)(C)C)C(=O)Oc1ccc(OC)cc1OCc1ccccc1. The quantitative estimate of drug-likeness (QED) is 0.426. The molecule has 0 heterocycles. The smallest absolute Gasteiger partial charge is 0.412 e. The van der Waals surface area contributed by atoms with E-state index in [2.05, 4.69) is 11.9 Å². The highest BCUT2D eigenvalue weighted by molar-refractivity contribution is 5.93. The van der Waals surface area contributed by atoms with E-state index in [0.717, 1.165) is 5.56 Å². The molecule has 0 bridgehead atoms. The second-order valence-corrected chi connectivity index (χ2v) is 7.08. The predicted molar refractivity (Wildman–Crippen MR) is 108 cm³/mol. The van der Waals surface area contributed by atoms with Gasteiger partial charge in [-0.15, -0.1) is 0 Å². The third kappa shape index (κ3) is 7.21. The molecule has 2 aromatic rings. The van der Waals surface area contributed by atoms with Gasteiger partial charge in [0.1, 0.15) is 23.7 Å². The zero-order valence-corrected chi connectivity index (χ0v) is 17.0. The van der Waals surface area contributed by atoms with Crippen LogP contribution in [0.15, 0.2) is 60.8 Å². The molecule has 2 aromatic carbocycles. The summed E-state index contributed by atoms with van der Waals surface area (Å²) in [5.41, 5.74) is -0.0180. The molecule has 0 saturated carbocycles. The lowest BCUT2D eigenvalue weighted by molar-refractivity contribution is -0.130. The molecule has 0 aliphatic carbocycles. The maximum Gasteiger partial charge on any atom is 0.412 e. The number of carbonyl (C=O) groups excluding carboxylic acids is 2. The van der Waals surface area contributed by atoms with Gasteiger partial charge in [0.05, 0.1) is 7.11 Å². The van der Waals surface area contributed by atoms with Gasteiger partial charge < -0.3 is 18.9 Å². The summed E-state index contributed by atoms with van der Waals surface area (Å²) in [6.07, 6.45) is -0.797. The Morgan fingerprint density at radius 3 is 2.34 bits per heavy atom. The van der Waals surface area contributed by atoms with Crippen LogP contribution in [0, 0.1) is 0 Å². The number of benzene rings is 2. The maximum absolute atomic E-state index is 12.3. The van der Waals surface area contributed by atoms with Crippen LogP contribution in [-0.2, 0) is 16.1 Å². The molecule has 154 valence electrons. The summed E-state index contributed by atoms with van der Waals surface area (Å²) in [5, 5.41) is 2.26. The second kappa shape index (κ2) is 9.64. The molecule has 0 aliphatic heterocycles. The van der Waals surface area contributed by atoms with E-state index < -0.39 is 17.7 Å². The summed E-state index contributed by atoms with van der Waals surface area (Å²) < 4.78 is 21.4. The van der Waals surface area contributed by atoms with Crippen LogP contribution in [0.3, 0.4) is 0 Å². The van der Waals surface area contributed by atoms with Crippen LogP contribution in [0.25, 0.3) is 0 Å². The topological polar surface area (TPSA) is 83.1 Å². The minimum absolute atomic E-state index is 0.166. The van der Waals surface area contributed by atoms with Crippen LogP contribution < -0.4 is 19.5 Å². The van der Waals surface area contributed by atoms with Crippen LogP contribution in [0.4, 0.5) is 4.79 Å². The van der Waals surface area contributed by atoms with Gasteiger partial charge in [-0.3, -0.25) is 5.32 Å². The Labute approximate surface area is 170 Å². The number of methoxy groups -OCH3 is 1. The number of carbonyl (C=O) groups is 2. The van der Waals surface area contributed by atoms with Crippen LogP contribution in [0.2, 0.25) is 0 Å². The Kier molecular flexibility index (Phi) is 7.25. The zero-order chi connectivity index (χ0) is 21.4. The number of nitrogens with one attached hydrogen (secondary N) is 1. The summed E-state index contributed by atoms with van der Waals surface area (Å²) >= 11 is 0. The highest BCUT2D eigenvalue weighted by Gasteiger charge is 2.20. The van der Waals surface area contributed by atoms with Gasteiger partial charge in [0.25, 0.3) is 0 Å². The maximum atomic E-state index is 12.3. The molecule has 1 N–H and O–H groups in total. The number of esters is 1. The lowest BCUT2D eigenvalue weighted by Gasteiger charge is -2.20. The summed E-state index contributed by atoms with van der Waals surface area (Å²) in [4.78, 5) is 24.1. The van der Waals surface area contributed by atoms with E-state index in [1.165, 1.54) is 13.2 Å². The fourth-order valence-corrected chi connectivity index (χ4v) is 2.19. The number of hydrogen-bond acceptors (Lipinski definition) is 6. The molecule has 0 fully saturated rings. The first kappa shape index (κ1) is 21.8. The fraction of sp³-hybridized carbons (Fsp3) is 0.273. The summed E-state index contributed by atoms with van der Waals surface area (Å²) in [6.45, 7) is 8.93. The van der Waals surface area contributed by atoms with Crippen molar-refractivity contribution in [2.24, 2.45) is 0 Å². The molecular formula is C22H25NO6. The summed E-state index contributed by atoms with van der Waals surface area (Å²) in [6, 6.07) is 14.3. The third-order valence-corrected chi connectivity index (χ3v) is 3.49. The fourth-order valence-electron chi connectivity index (χ4n) is 2.19. The van der Waals surface area contributed by atoms with E-state index in [1.54, 1.807) is 32.9 Å². The van der Waals surface area contributed by atoms with Gasteiger partial charge in [-0.1, -0.05) is 36.9 Å². The van der Waals surface area contributed by atoms with Crippen LogP contribution >= 0.6 is 0 Å². The standard InChI is InChI=1S/C22H25NO6/c1-15(23-21(25)29-22(2,3)4)20(24)28-18-12-11-17(26-5)13-19(18)27-14-16-9-7-6-8-10-16/h6-13H,1,14H2,2-5H3,(H,23,25). The van der Waals surface area contributed by atoms with E-state index in [0.29, 0.717) is 11.5 Å². The normalized spacial score (nSPS) is 10.6. The first-order valence-electron chi connectivity index (χ1n) is 8.94. The first-order valence-corrected chi connectivity index (χ1v) is 8.94. The highest BCUT2D eigenvalue weighted by Crippen LogP contribution is 2.32. The molecule has 0 saturated heterocycles. The molecule has 7 nitrogen and oxygen atoms in total. The van der Waals surface area contributed by atoms with Crippen molar-refractivity contribution in [1.29, 1.82) is 0 Å². The highest BCUT2D eigenvalue weighted by atomic mass is 16.6. The lowest BCUT2D eigenvalue weighted by Crippen LogP contribution is -2.34. The van der Waals surface area contributed by atoms with Crippen LogP contribution in [0.5, 0.6) is 17.2 Å². The molecular weight excluding hydrogens is 374 g/mol. The Morgan fingerprint density at radius 2 is 1.72 bits per heavy atom. The van der Waals surface area contributed by atoms with Gasteiger partial charge in [-0.25, -0.2) is 9.59 Å². The van der Waals surface area contributed by atoms with Crippen molar-refractivity contribution in [3.05, 3.63) is 66.4 Å². The largest absolute Gasteiger partial charge is 0.497 e. The van der Waals surface area contributed by atoms with Crippen molar-refractivity contribution >= 4 is 12.1 Å². The molecule has 7 heteroatoms. The van der Waals surface area contributed by atoms with Crippen molar-refractivity contribution in [3.8, 4) is 17.2 Å². The minimum Gasteiger partial charge on any atom is -0.497 e. The molecule has 1 amide bonds. The monoisotopic (exact) mass is 399 g/mol. The Morgan fingerprint density at radius 1 is 1.03 bits per heavy atom. The van der Waals surface area contributed by atoms with Gasteiger partial charge >= 0.3 is 12.1 Å². The second-order valence-electron chi connectivity index (χ2n) is 7.08. The number of hydrogen-bond donors (Lipinski definition) is 1. The third-order valence-electron chi connectivity index (χ3n) is 3.49. The van der Waals surface area contributed by atoms with Crippen molar-refractivity contribution < 1.29 is 28.5 Å². The number of rotatable bonds is 7. The van der Waals surface area contributed by atoms with Crippen molar-refractivity contribution in [2.45, 2.75) is 33.0 Å². The van der Waals surface area contributed by atoms with E-state index >= 15 is 0 Å². The van der Waals surface area contributed by atoms with Gasteiger partial charge in [0, 0.05) is 6.07 Å². The molecule has 0 spiro atoms. The first-order chi connectivity index (χ1) is 13.7. The van der Waals surface area contributed by atoms with Gasteiger partial charge in [0.2, 0.25) is 0 Å². The zero-order valence-electron chi connectivity index (χ0n) is 17.0. The predicted octanol–water partition coefficient (Wildman–Crippen LogP) is 4.22. The van der Waals surface area contributed by atoms with Crippen molar-refractivity contribution in [1.82, 2.24) is 5.32 Å².